The van der Waals surface area contributed by atoms with Gasteiger partial charge in [-0.1, -0.05) is 24.3 Å². The SMILES string of the molecule is Cc1nc(C(=O)N2CSC[C@H]2CNC(=O)c2cccc3c2OCC3)c(-c2ccc(F)cc2)s1. The summed E-state index contributed by atoms with van der Waals surface area (Å²) < 4.78 is 19.0. The van der Waals surface area contributed by atoms with Gasteiger partial charge in [-0.15, -0.1) is 23.1 Å². The zero-order chi connectivity index (χ0) is 22.9. The van der Waals surface area contributed by atoms with Gasteiger partial charge >= 0.3 is 0 Å². The molecule has 0 bridgehead atoms. The van der Waals surface area contributed by atoms with E-state index in [4.69, 9.17) is 4.74 Å². The van der Waals surface area contributed by atoms with Gasteiger partial charge in [0.2, 0.25) is 0 Å². The highest BCUT2D eigenvalue weighted by molar-refractivity contribution is 7.99. The van der Waals surface area contributed by atoms with E-state index in [-0.39, 0.29) is 23.7 Å². The quantitative estimate of drug-likeness (QED) is 0.591. The van der Waals surface area contributed by atoms with E-state index in [0.29, 0.717) is 36.0 Å². The van der Waals surface area contributed by atoms with E-state index < -0.39 is 0 Å². The van der Waals surface area contributed by atoms with Gasteiger partial charge in [-0.25, -0.2) is 9.37 Å². The van der Waals surface area contributed by atoms with Gasteiger partial charge in [0.15, 0.2) is 0 Å². The first kappa shape index (κ1) is 21.9. The third-order valence-electron chi connectivity index (χ3n) is 5.74. The smallest absolute Gasteiger partial charge is 0.275 e. The molecule has 6 nitrogen and oxygen atoms in total. The molecule has 9 heteroatoms. The zero-order valence-corrected chi connectivity index (χ0v) is 19.6. The van der Waals surface area contributed by atoms with E-state index in [9.17, 15) is 14.0 Å². The Kier molecular flexibility index (Phi) is 6.07. The summed E-state index contributed by atoms with van der Waals surface area (Å²) >= 11 is 3.06. The number of fused-ring (bicyclic) bond motifs is 1. The largest absolute Gasteiger partial charge is 0.492 e. The molecular weight excluding hydrogens is 461 g/mol. The van der Waals surface area contributed by atoms with Crippen LogP contribution in [0.1, 0.15) is 31.4 Å². The van der Waals surface area contributed by atoms with Crippen LogP contribution in [0.3, 0.4) is 0 Å². The fourth-order valence-electron chi connectivity index (χ4n) is 4.08. The minimum Gasteiger partial charge on any atom is -0.492 e. The van der Waals surface area contributed by atoms with Gasteiger partial charge in [-0.2, -0.15) is 0 Å². The molecule has 1 aromatic heterocycles. The van der Waals surface area contributed by atoms with Crippen molar-refractivity contribution >= 4 is 34.9 Å². The Morgan fingerprint density at radius 2 is 2.06 bits per heavy atom. The molecule has 1 N–H and O–H groups in total. The van der Waals surface area contributed by atoms with E-state index in [2.05, 4.69) is 10.3 Å². The number of halogens is 1. The number of rotatable bonds is 5. The van der Waals surface area contributed by atoms with Gasteiger partial charge in [0.05, 0.1) is 34.0 Å². The zero-order valence-electron chi connectivity index (χ0n) is 18.0. The minimum absolute atomic E-state index is 0.146. The first-order valence-electron chi connectivity index (χ1n) is 10.7. The number of carbonyl (C=O) groups excluding carboxylic acids is 2. The van der Waals surface area contributed by atoms with Crippen molar-refractivity contribution in [3.63, 3.8) is 0 Å². The summed E-state index contributed by atoms with van der Waals surface area (Å²) in [5, 5.41) is 3.75. The number of carbonyl (C=O) groups is 2. The molecule has 2 amide bonds. The van der Waals surface area contributed by atoms with Crippen LogP contribution in [0, 0.1) is 12.7 Å². The molecule has 33 heavy (non-hydrogen) atoms. The monoisotopic (exact) mass is 483 g/mol. The maximum absolute atomic E-state index is 13.4. The molecule has 3 aromatic rings. The van der Waals surface area contributed by atoms with Gasteiger partial charge in [0.25, 0.3) is 11.8 Å². The number of thiazole rings is 1. The third-order valence-corrected chi connectivity index (χ3v) is 7.84. The predicted molar refractivity (Wildman–Crippen MR) is 128 cm³/mol. The first-order valence-corrected chi connectivity index (χ1v) is 12.6. The molecule has 2 aromatic carbocycles. The minimum atomic E-state index is -0.325. The second-order valence-electron chi connectivity index (χ2n) is 7.95. The highest BCUT2D eigenvalue weighted by Gasteiger charge is 2.33. The maximum atomic E-state index is 13.4. The molecule has 0 aliphatic carbocycles. The molecular formula is C24H22FN3O3S2. The summed E-state index contributed by atoms with van der Waals surface area (Å²) in [6, 6.07) is 11.5. The van der Waals surface area contributed by atoms with Crippen molar-refractivity contribution in [2.45, 2.75) is 19.4 Å². The number of aryl methyl sites for hydroxylation is 1. The molecule has 5 rings (SSSR count). The van der Waals surface area contributed by atoms with E-state index >= 15 is 0 Å². The van der Waals surface area contributed by atoms with E-state index in [1.165, 1.54) is 23.5 Å². The first-order chi connectivity index (χ1) is 16.0. The van der Waals surface area contributed by atoms with Crippen LogP contribution in [-0.2, 0) is 6.42 Å². The summed E-state index contributed by atoms with van der Waals surface area (Å²) in [5.74, 6) is 1.22. The van der Waals surface area contributed by atoms with Crippen molar-refractivity contribution in [1.29, 1.82) is 0 Å². The highest BCUT2D eigenvalue weighted by Crippen LogP contribution is 2.33. The van der Waals surface area contributed by atoms with Crippen LogP contribution >= 0.6 is 23.1 Å². The van der Waals surface area contributed by atoms with Crippen LogP contribution in [0.2, 0.25) is 0 Å². The predicted octanol–water partition coefficient (Wildman–Crippen LogP) is 4.14. The maximum Gasteiger partial charge on any atom is 0.275 e. The molecule has 170 valence electrons. The Balaban J connectivity index is 1.31. The Labute approximate surface area is 199 Å². The molecule has 1 fully saturated rings. The van der Waals surface area contributed by atoms with Crippen LogP contribution in [0.4, 0.5) is 4.39 Å². The van der Waals surface area contributed by atoms with Gasteiger partial charge < -0.3 is 15.0 Å². The van der Waals surface area contributed by atoms with Gasteiger partial charge in [-0.3, -0.25) is 9.59 Å². The van der Waals surface area contributed by atoms with Gasteiger partial charge in [-0.05, 0) is 36.2 Å². The Morgan fingerprint density at radius 1 is 1.24 bits per heavy atom. The summed E-state index contributed by atoms with van der Waals surface area (Å²) in [4.78, 5) is 33.3. The van der Waals surface area contributed by atoms with Crippen molar-refractivity contribution in [1.82, 2.24) is 15.2 Å². The van der Waals surface area contributed by atoms with Crippen molar-refractivity contribution in [2.75, 3.05) is 24.8 Å². The van der Waals surface area contributed by atoms with Crippen LogP contribution in [-0.4, -0.2) is 52.5 Å². The number of thioether (sulfide) groups is 1. The molecule has 1 atom stereocenters. The number of nitrogens with zero attached hydrogens (tertiary/aromatic N) is 2. The van der Waals surface area contributed by atoms with Gasteiger partial charge in [0, 0.05) is 18.7 Å². The lowest BCUT2D eigenvalue weighted by Gasteiger charge is -2.24. The Bertz CT molecular complexity index is 1210. The lowest BCUT2D eigenvalue weighted by molar-refractivity contribution is 0.0731. The average Bonchev–Trinajstić information content (AvgIpc) is 3.56. The fraction of sp³-hybridized carbons (Fsp3) is 0.292. The normalized spacial score (nSPS) is 17.0. The Hall–Kier alpha value is -2.91. The molecule has 2 aliphatic rings. The second-order valence-corrected chi connectivity index (χ2v) is 10.2. The molecule has 0 unspecified atom stereocenters. The summed E-state index contributed by atoms with van der Waals surface area (Å²) in [6.45, 7) is 2.78. The van der Waals surface area contributed by atoms with Crippen LogP contribution in [0.15, 0.2) is 42.5 Å². The topological polar surface area (TPSA) is 71.5 Å². The Morgan fingerprint density at radius 3 is 2.88 bits per heavy atom. The summed E-state index contributed by atoms with van der Waals surface area (Å²) in [6.07, 6.45) is 0.807. The van der Waals surface area contributed by atoms with Crippen molar-refractivity contribution in [3.8, 4) is 16.2 Å². The summed E-state index contributed by atoms with van der Waals surface area (Å²) in [7, 11) is 0. The lowest BCUT2D eigenvalue weighted by Crippen LogP contribution is -2.44. The number of benzene rings is 2. The molecule has 0 radical (unpaired) electrons. The van der Waals surface area contributed by atoms with E-state index in [1.807, 2.05) is 19.1 Å². The fourth-order valence-corrected chi connectivity index (χ4v) is 6.20. The molecule has 1 saturated heterocycles. The van der Waals surface area contributed by atoms with E-state index in [1.54, 1.807) is 34.9 Å². The number of hydrogen-bond donors (Lipinski definition) is 1. The van der Waals surface area contributed by atoms with Crippen LogP contribution in [0.25, 0.3) is 10.4 Å². The number of para-hydroxylation sites is 1. The summed E-state index contributed by atoms with van der Waals surface area (Å²) in [5.41, 5.74) is 2.71. The molecule has 0 spiro atoms. The van der Waals surface area contributed by atoms with Crippen molar-refractivity contribution in [3.05, 3.63) is 70.1 Å². The number of amides is 2. The van der Waals surface area contributed by atoms with E-state index in [0.717, 1.165) is 33.2 Å². The average molecular weight is 484 g/mol. The lowest BCUT2D eigenvalue weighted by atomic mass is 10.1. The van der Waals surface area contributed by atoms with Gasteiger partial charge in [0.1, 0.15) is 17.3 Å². The second kappa shape index (κ2) is 9.15. The van der Waals surface area contributed by atoms with Crippen molar-refractivity contribution in [2.24, 2.45) is 0 Å². The number of nitrogens with one attached hydrogen (secondary N) is 1. The highest BCUT2D eigenvalue weighted by atomic mass is 32.2. The molecule has 3 heterocycles. The molecule has 0 saturated carbocycles. The third kappa shape index (κ3) is 4.35. The number of hydrogen-bond acceptors (Lipinski definition) is 6. The van der Waals surface area contributed by atoms with Crippen LogP contribution in [0.5, 0.6) is 5.75 Å². The number of ether oxygens (including phenoxy) is 1. The molecule has 2 aliphatic heterocycles. The van der Waals surface area contributed by atoms with Crippen LogP contribution < -0.4 is 10.1 Å². The standard InChI is InChI=1S/C24H22FN3O3S2/c1-14-27-20(22(33-14)16-5-7-17(25)8-6-16)24(30)28-13-32-12-18(28)11-26-23(29)19-4-2-3-15-9-10-31-21(15)19/h2-8,18H,9-13H2,1H3,(H,26,29)/t18-/m1/s1. The number of aromatic nitrogens is 1. The van der Waals surface area contributed by atoms with Crippen molar-refractivity contribution < 1.29 is 18.7 Å².